The standard InChI is InChI=1S/C26H46N2O4/c1-20(2)32-26(31)28-16-12-24(13-17-28)27-14-10-21(11-15-27)18-23(8-9-25(30)19-29)22-6-4-3-5-7-22/h20-24,29H,3-19H2,1-2H3. The van der Waals surface area contributed by atoms with Crippen molar-refractivity contribution in [3.63, 3.8) is 0 Å². The molecule has 1 saturated carbocycles. The quantitative estimate of drug-likeness (QED) is 0.554. The third-order valence-electron chi connectivity index (χ3n) is 8.15. The number of hydrogen-bond donors (Lipinski definition) is 1. The smallest absolute Gasteiger partial charge is 0.410 e. The Balaban J connectivity index is 1.42. The van der Waals surface area contributed by atoms with Crippen LogP contribution in [0.5, 0.6) is 0 Å². The molecule has 3 aliphatic rings. The molecule has 184 valence electrons. The summed E-state index contributed by atoms with van der Waals surface area (Å²) in [5, 5.41) is 9.13. The Kier molecular flexibility index (Phi) is 10.3. The summed E-state index contributed by atoms with van der Waals surface area (Å²) in [5.74, 6) is 2.20. The Morgan fingerprint density at radius 3 is 2.19 bits per heavy atom. The molecule has 0 bridgehead atoms. The minimum Gasteiger partial charge on any atom is -0.447 e. The molecular formula is C26H46N2O4. The zero-order valence-electron chi connectivity index (χ0n) is 20.5. The van der Waals surface area contributed by atoms with Crippen molar-refractivity contribution in [1.82, 2.24) is 9.80 Å². The van der Waals surface area contributed by atoms with Crippen LogP contribution >= 0.6 is 0 Å². The number of carbonyl (C=O) groups excluding carboxylic acids is 2. The Bertz CT molecular complexity index is 574. The van der Waals surface area contributed by atoms with Crippen LogP contribution in [0.2, 0.25) is 0 Å². The molecule has 3 rings (SSSR count). The van der Waals surface area contributed by atoms with E-state index in [0.29, 0.717) is 18.4 Å². The van der Waals surface area contributed by atoms with Crippen molar-refractivity contribution in [2.75, 3.05) is 32.8 Å². The average molecular weight is 451 g/mol. The number of rotatable bonds is 9. The average Bonchev–Trinajstić information content (AvgIpc) is 2.82. The van der Waals surface area contributed by atoms with Gasteiger partial charge >= 0.3 is 6.09 Å². The fourth-order valence-corrected chi connectivity index (χ4v) is 6.25. The number of ketones is 1. The highest BCUT2D eigenvalue weighted by atomic mass is 16.6. The van der Waals surface area contributed by atoms with Crippen molar-refractivity contribution in [3.8, 4) is 0 Å². The van der Waals surface area contributed by atoms with Gasteiger partial charge in [0.25, 0.3) is 0 Å². The van der Waals surface area contributed by atoms with Crippen molar-refractivity contribution < 1.29 is 19.4 Å². The maximum absolute atomic E-state index is 12.1. The Labute approximate surface area is 195 Å². The summed E-state index contributed by atoms with van der Waals surface area (Å²) in [6.45, 7) is 7.44. The molecule has 1 atom stereocenters. The van der Waals surface area contributed by atoms with Gasteiger partial charge in [0.15, 0.2) is 5.78 Å². The summed E-state index contributed by atoms with van der Waals surface area (Å²) in [6.07, 6.45) is 13.9. The minimum atomic E-state index is -0.302. The van der Waals surface area contributed by atoms with Crippen LogP contribution in [0.3, 0.4) is 0 Å². The molecule has 0 aromatic heterocycles. The van der Waals surface area contributed by atoms with Gasteiger partial charge in [0.1, 0.15) is 6.61 Å². The van der Waals surface area contributed by atoms with Gasteiger partial charge in [0.2, 0.25) is 0 Å². The summed E-state index contributed by atoms with van der Waals surface area (Å²) < 4.78 is 5.35. The molecule has 1 amide bonds. The summed E-state index contributed by atoms with van der Waals surface area (Å²) in [7, 11) is 0. The molecule has 1 aliphatic carbocycles. The molecule has 32 heavy (non-hydrogen) atoms. The van der Waals surface area contributed by atoms with Gasteiger partial charge in [-0.3, -0.25) is 4.79 Å². The molecule has 2 aliphatic heterocycles. The number of carbonyl (C=O) groups is 2. The van der Waals surface area contributed by atoms with Gasteiger partial charge in [-0.2, -0.15) is 0 Å². The second-order valence-corrected chi connectivity index (χ2v) is 10.8. The molecule has 0 spiro atoms. The maximum Gasteiger partial charge on any atom is 0.410 e. The summed E-state index contributed by atoms with van der Waals surface area (Å²) in [6, 6.07) is 0.593. The van der Waals surface area contributed by atoms with E-state index >= 15 is 0 Å². The highest BCUT2D eigenvalue weighted by Gasteiger charge is 2.32. The molecule has 2 heterocycles. The first-order chi connectivity index (χ1) is 15.5. The first-order valence-corrected chi connectivity index (χ1v) is 13.3. The second kappa shape index (κ2) is 12.9. The molecule has 6 heteroatoms. The Hall–Kier alpha value is -1.14. The van der Waals surface area contributed by atoms with E-state index in [0.717, 1.165) is 44.2 Å². The van der Waals surface area contributed by atoms with Crippen molar-refractivity contribution >= 4 is 11.9 Å². The SMILES string of the molecule is CC(C)OC(=O)N1CCC(N2CCC(CC(CCC(=O)CO)C3CCCCC3)CC2)CC1. The van der Waals surface area contributed by atoms with Gasteiger partial charge in [-0.05, 0) is 83.2 Å². The van der Waals surface area contributed by atoms with Crippen LogP contribution in [0.4, 0.5) is 4.79 Å². The van der Waals surface area contributed by atoms with E-state index in [1.165, 1.54) is 64.5 Å². The van der Waals surface area contributed by atoms with Gasteiger partial charge in [-0.25, -0.2) is 4.79 Å². The van der Waals surface area contributed by atoms with Crippen LogP contribution < -0.4 is 0 Å². The molecular weight excluding hydrogens is 404 g/mol. The first-order valence-electron chi connectivity index (χ1n) is 13.3. The zero-order valence-corrected chi connectivity index (χ0v) is 20.5. The number of amides is 1. The van der Waals surface area contributed by atoms with E-state index < -0.39 is 0 Å². The number of nitrogens with zero attached hydrogens (tertiary/aromatic N) is 2. The minimum absolute atomic E-state index is 0.00393. The number of hydrogen-bond acceptors (Lipinski definition) is 5. The van der Waals surface area contributed by atoms with Crippen LogP contribution in [0.1, 0.15) is 90.9 Å². The van der Waals surface area contributed by atoms with E-state index in [4.69, 9.17) is 9.84 Å². The molecule has 1 unspecified atom stereocenters. The summed E-state index contributed by atoms with van der Waals surface area (Å²) in [4.78, 5) is 28.4. The molecule has 0 radical (unpaired) electrons. The molecule has 0 aromatic carbocycles. The topological polar surface area (TPSA) is 70.1 Å². The van der Waals surface area contributed by atoms with Gasteiger partial charge in [-0.15, -0.1) is 0 Å². The van der Waals surface area contributed by atoms with E-state index in [1.807, 2.05) is 18.7 Å². The molecule has 2 saturated heterocycles. The van der Waals surface area contributed by atoms with Crippen LogP contribution in [-0.4, -0.2) is 71.7 Å². The zero-order chi connectivity index (χ0) is 22.9. The lowest BCUT2D eigenvalue weighted by atomic mass is 9.72. The molecule has 6 nitrogen and oxygen atoms in total. The number of aliphatic hydroxyl groups excluding tert-OH is 1. The molecule has 1 N–H and O–H groups in total. The van der Waals surface area contributed by atoms with Gasteiger partial charge in [0, 0.05) is 25.6 Å². The van der Waals surface area contributed by atoms with Gasteiger partial charge in [-0.1, -0.05) is 32.1 Å². The predicted molar refractivity (Wildman–Crippen MR) is 127 cm³/mol. The number of Topliss-reactive ketones (excluding diaryl/α,β-unsaturated/α-hetero) is 1. The monoisotopic (exact) mass is 450 g/mol. The highest BCUT2D eigenvalue weighted by molar-refractivity contribution is 5.79. The van der Waals surface area contributed by atoms with Crippen LogP contribution in [0.15, 0.2) is 0 Å². The van der Waals surface area contributed by atoms with Crippen molar-refractivity contribution in [2.24, 2.45) is 17.8 Å². The molecule has 0 aromatic rings. The third-order valence-corrected chi connectivity index (χ3v) is 8.15. The lowest BCUT2D eigenvalue weighted by Gasteiger charge is -2.42. The van der Waals surface area contributed by atoms with Crippen molar-refractivity contribution in [3.05, 3.63) is 0 Å². The van der Waals surface area contributed by atoms with Crippen LogP contribution in [0, 0.1) is 17.8 Å². The maximum atomic E-state index is 12.1. The molecule has 3 fully saturated rings. The van der Waals surface area contributed by atoms with Crippen LogP contribution in [0.25, 0.3) is 0 Å². The van der Waals surface area contributed by atoms with E-state index in [-0.39, 0.29) is 24.6 Å². The Morgan fingerprint density at radius 1 is 0.938 bits per heavy atom. The third kappa shape index (κ3) is 7.72. The lowest BCUT2D eigenvalue weighted by Crippen LogP contribution is -2.49. The fourth-order valence-electron chi connectivity index (χ4n) is 6.25. The number of aliphatic hydroxyl groups is 1. The van der Waals surface area contributed by atoms with E-state index in [2.05, 4.69) is 4.90 Å². The van der Waals surface area contributed by atoms with Gasteiger partial charge in [0.05, 0.1) is 6.10 Å². The number of ether oxygens (including phenoxy) is 1. The van der Waals surface area contributed by atoms with Crippen molar-refractivity contribution in [2.45, 2.75) is 103 Å². The van der Waals surface area contributed by atoms with Gasteiger partial charge < -0.3 is 19.6 Å². The number of piperidine rings is 2. The fraction of sp³-hybridized carbons (Fsp3) is 0.923. The van der Waals surface area contributed by atoms with Crippen LogP contribution in [-0.2, 0) is 9.53 Å². The predicted octanol–water partition coefficient (Wildman–Crippen LogP) is 4.64. The van der Waals surface area contributed by atoms with E-state index in [9.17, 15) is 9.59 Å². The normalized spacial score (nSPS) is 23.4. The lowest BCUT2D eigenvalue weighted by molar-refractivity contribution is -0.122. The number of likely N-dealkylation sites (tertiary alicyclic amines) is 2. The van der Waals surface area contributed by atoms with E-state index in [1.54, 1.807) is 0 Å². The largest absolute Gasteiger partial charge is 0.447 e. The first kappa shape index (κ1) is 25.5. The highest BCUT2D eigenvalue weighted by Crippen LogP contribution is 2.38. The Morgan fingerprint density at radius 2 is 1.59 bits per heavy atom. The second-order valence-electron chi connectivity index (χ2n) is 10.8. The summed E-state index contributed by atoms with van der Waals surface area (Å²) in [5.41, 5.74) is 0. The summed E-state index contributed by atoms with van der Waals surface area (Å²) >= 11 is 0. The van der Waals surface area contributed by atoms with Crippen molar-refractivity contribution in [1.29, 1.82) is 0 Å².